The Labute approximate surface area is 135 Å². The predicted molar refractivity (Wildman–Crippen MR) is 87.3 cm³/mol. The van der Waals surface area contributed by atoms with Crippen molar-refractivity contribution in [2.45, 2.75) is 13.0 Å². The Bertz CT molecular complexity index is 675. The average Bonchev–Trinajstić information content (AvgIpc) is 2.60. The first-order valence-corrected chi connectivity index (χ1v) is 7.22. The Kier molecular flexibility index (Phi) is 6.12. The van der Waals surface area contributed by atoms with Gasteiger partial charge in [-0.2, -0.15) is 0 Å². The largest absolute Gasteiger partial charge is 0.469 e. The fourth-order valence-corrected chi connectivity index (χ4v) is 1.98. The van der Waals surface area contributed by atoms with Gasteiger partial charge in [-0.15, -0.1) is 0 Å². The van der Waals surface area contributed by atoms with Gasteiger partial charge in [0, 0.05) is 5.57 Å². The molecule has 0 aliphatic heterocycles. The summed E-state index contributed by atoms with van der Waals surface area (Å²) >= 11 is 0. The van der Waals surface area contributed by atoms with E-state index in [1.54, 1.807) is 6.08 Å². The molecule has 0 fully saturated rings. The van der Waals surface area contributed by atoms with Crippen molar-refractivity contribution in [1.29, 1.82) is 0 Å². The molecule has 0 saturated carbocycles. The number of hydrogen-bond donors (Lipinski definition) is 0. The van der Waals surface area contributed by atoms with E-state index in [0.29, 0.717) is 0 Å². The van der Waals surface area contributed by atoms with E-state index < -0.39 is 11.9 Å². The van der Waals surface area contributed by atoms with E-state index in [2.05, 4.69) is 4.74 Å². The molecule has 2 aromatic carbocycles. The van der Waals surface area contributed by atoms with Crippen molar-refractivity contribution in [1.82, 2.24) is 0 Å². The number of hydrogen-bond acceptors (Lipinski definition) is 4. The molecular weight excluding hydrogens is 292 g/mol. The van der Waals surface area contributed by atoms with Gasteiger partial charge in [-0.1, -0.05) is 60.7 Å². The topological polar surface area (TPSA) is 52.6 Å². The molecule has 23 heavy (non-hydrogen) atoms. The molecule has 2 rings (SSSR count). The molecule has 2 aromatic rings. The molecule has 4 heteroatoms. The summed E-state index contributed by atoms with van der Waals surface area (Å²) in [6.45, 7) is 0.160. The van der Waals surface area contributed by atoms with Crippen LogP contribution >= 0.6 is 0 Å². The summed E-state index contributed by atoms with van der Waals surface area (Å²) in [5.74, 6) is -1.01. The highest BCUT2D eigenvalue weighted by molar-refractivity contribution is 5.98. The van der Waals surface area contributed by atoms with Crippen LogP contribution in [-0.4, -0.2) is 19.0 Å². The van der Waals surface area contributed by atoms with E-state index >= 15 is 0 Å². The molecule has 0 radical (unpaired) electrons. The molecule has 0 aliphatic carbocycles. The third-order valence-electron chi connectivity index (χ3n) is 3.18. The highest BCUT2D eigenvalue weighted by Gasteiger charge is 2.16. The second-order valence-corrected chi connectivity index (χ2v) is 4.89. The third kappa shape index (κ3) is 5.43. The van der Waals surface area contributed by atoms with Crippen molar-refractivity contribution in [3.8, 4) is 0 Å². The number of esters is 2. The molecule has 0 bridgehead atoms. The Morgan fingerprint density at radius 3 is 2.17 bits per heavy atom. The van der Waals surface area contributed by atoms with Crippen molar-refractivity contribution in [2.24, 2.45) is 0 Å². The van der Waals surface area contributed by atoms with Gasteiger partial charge in [0.25, 0.3) is 0 Å². The Morgan fingerprint density at radius 2 is 1.57 bits per heavy atom. The summed E-state index contributed by atoms with van der Waals surface area (Å²) in [6.07, 6.45) is 1.52. The highest BCUT2D eigenvalue weighted by atomic mass is 16.5. The summed E-state index contributed by atoms with van der Waals surface area (Å²) in [7, 11) is 1.29. The molecule has 0 amide bonds. The van der Waals surface area contributed by atoms with Gasteiger partial charge in [0.2, 0.25) is 0 Å². The monoisotopic (exact) mass is 310 g/mol. The van der Waals surface area contributed by atoms with Gasteiger partial charge < -0.3 is 9.47 Å². The summed E-state index contributed by atoms with van der Waals surface area (Å²) in [4.78, 5) is 23.8. The second-order valence-electron chi connectivity index (χ2n) is 4.89. The zero-order chi connectivity index (χ0) is 16.5. The molecule has 118 valence electrons. The minimum absolute atomic E-state index is 0.126. The highest BCUT2D eigenvalue weighted by Crippen LogP contribution is 2.14. The Balaban J connectivity index is 2.11. The summed E-state index contributed by atoms with van der Waals surface area (Å²) in [6, 6.07) is 18.7. The van der Waals surface area contributed by atoms with Gasteiger partial charge in [0.05, 0.1) is 13.5 Å². The number of rotatable bonds is 6. The van der Waals surface area contributed by atoms with Crippen molar-refractivity contribution >= 4 is 18.0 Å². The number of carbonyl (C=O) groups excluding carboxylic acids is 2. The maximum Gasteiger partial charge on any atom is 0.334 e. The van der Waals surface area contributed by atoms with Gasteiger partial charge in [0.1, 0.15) is 6.61 Å². The minimum Gasteiger partial charge on any atom is -0.469 e. The molecular formula is C19H18O4. The minimum atomic E-state index is -0.525. The lowest BCUT2D eigenvalue weighted by Gasteiger charge is -2.08. The molecule has 0 saturated heterocycles. The molecule has 0 N–H and O–H groups in total. The van der Waals surface area contributed by atoms with E-state index in [0.717, 1.165) is 11.1 Å². The first-order chi connectivity index (χ1) is 11.2. The van der Waals surface area contributed by atoms with Gasteiger partial charge in [-0.05, 0) is 17.2 Å². The van der Waals surface area contributed by atoms with Gasteiger partial charge in [-0.25, -0.2) is 4.79 Å². The molecule has 4 nitrogen and oxygen atoms in total. The molecule has 0 aliphatic rings. The normalized spacial score (nSPS) is 10.9. The molecule has 0 heterocycles. The Morgan fingerprint density at radius 1 is 0.957 bits per heavy atom. The van der Waals surface area contributed by atoms with Crippen molar-refractivity contribution in [2.75, 3.05) is 7.11 Å². The fourth-order valence-electron chi connectivity index (χ4n) is 1.98. The van der Waals surface area contributed by atoms with E-state index in [9.17, 15) is 9.59 Å². The third-order valence-corrected chi connectivity index (χ3v) is 3.18. The zero-order valence-corrected chi connectivity index (χ0v) is 12.9. The maximum atomic E-state index is 12.3. The van der Waals surface area contributed by atoms with Gasteiger partial charge in [0.15, 0.2) is 0 Å². The molecule has 0 aromatic heterocycles. The summed E-state index contributed by atoms with van der Waals surface area (Å²) < 4.78 is 9.94. The predicted octanol–water partition coefficient (Wildman–Crippen LogP) is 3.38. The maximum absolute atomic E-state index is 12.3. The SMILES string of the molecule is COC(=O)CC(=Cc1ccccc1)C(=O)OCc1ccccc1. The first-order valence-electron chi connectivity index (χ1n) is 7.22. The van der Waals surface area contributed by atoms with E-state index in [4.69, 9.17) is 4.74 Å². The average molecular weight is 310 g/mol. The van der Waals surface area contributed by atoms with Crippen LogP contribution < -0.4 is 0 Å². The van der Waals surface area contributed by atoms with Crippen LogP contribution in [0.2, 0.25) is 0 Å². The van der Waals surface area contributed by atoms with Crippen LogP contribution in [0.3, 0.4) is 0 Å². The summed E-state index contributed by atoms with van der Waals surface area (Å²) in [5, 5.41) is 0. The summed E-state index contributed by atoms with van der Waals surface area (Å²) in [5.41, 5.74) is 1.97. The number of carbonyl (C=O) groups is 2. The van der Waals surface area contributed by atoms with Crippen LogP contribution in [-0.2, 0) is 25.7 Å². The van der Waals surface area contributed by atoms with Crippen molar-refractivity contribution in [3.05, 3.63) is 77.4 Å². The lowest BCUT2D eigenvalue weighted by molar-refractivity contribution is -0.145. The second kappa shape index (κ2) is 8.54. The number of ether oxygens (including phenoxy) is 2. The first kappa shape index (κ1) is 16.5. The molecule has 0 spiro atoms. The number of benzene rings is 2. The van der Waals surface area contributed by atoms with Crippen molar-refractivity contribution in [3.63, 3.8) is 0 Å². The quantitative estimate of drug-likeness (QED) is 0.606. The van der Waals surface area contributed by atoms with Crippen LogP contribution in [0.5, 0.6) is 0 Å². The van der Waals surface area contributed by atoms with Crippen LogP contribution in [0, 0.1) is 0 Å². The van der Waals surface area contributed by atoms with Crippen LogP contribution in [0.1, 0.15) is 17.5 Å². The zero-order valence-electron chi connectivity index (χ0n) is 12.9. The van der Waals surface area contributed by atoms with E-state index in [-0.39, 0.29) is 18.6 Å². The van der Waals surface area contributed by atoms with Gasteiger partial charge in [-0.3, -0.25) is 4.79 Å². The van der Waals surface area contributed by atoms with Crippen molar-refractivity contribution < 1.29 is 19.1 Å². The molecule has 0 unspecified atom stereocenters. The fraction of sp³-hybridized carbons (Fsp3) is 0.158. The van der Waals surface area contributed by atoms with Crippen LogP contribution in [0.25, 0.3) is 6.08 Å². The van der Waals surface area contributed by atoms with Crippen LogP contribution in [0.15, 0.2) is 66.2 Å². The smallest absolute Gasteiger partial charge is 0.334 e. The number of methoxy groups -OCH3 is 1. The lowest BCUT2D eigenvalue weighted by atomic mass is 10.1. The van der Waals surface area contributed by atoms with E-state index in [1.807, 2.05) is 60.7 Å². The molecule has 0 atom stereocenters. The lowest BCUT2D eigenvalue weighted by Crippen LogP contribution is -2.12. The van der Waals surface area contributed by atoms with Crippen LogP contribution in [0.4, 0.5) is 0 Å². The Hall–Kier alpha value is -2.88. The van der Waals surface area contributed by atoms with Gasteiger partial charge >= 0.3 is 11.9 Å². The van der Waals surface area contributed by atoms with E-state index in [1.165, 1.54) is 7.11 Å². The standard InChI is InChI=1S/C19H18O4/c1-22-18(20)13-17(12-15-8-4-2-5-9-15)19(21)23-14-16-10-6-3-7-11-16/h2-12H,13-14H2,1H3.